The molecule has 0 aliphatic carbocycles. The van der Waals surface area contributed by atoms with E-state index in [1.54, 1.807) is 18.2 Å². The number of likely N-dealkylation sites (N-methyl/N-ethyl adjacent to an activating group) is 1. The molecule has 2 heterocycles. The molecule has 1 aromatic rings. The second-order valence-electron chi connectivity index (χ2n) is 7.51. The molecule has 0 unspecified atom stereocenters. The zero-order chi connectivity index (χ0) is 21.7. The van der Waals surface area contributed by atoms with E-state index in [0.717, 1.165) is 32.7 Å². The monoisotopic (exact) mass is 455 g/mol. The summed E-state index contributed by atoms with van der Waals surface area (Å²) in [5, 5.41) is 6.24. The van der Waals surface area contributed by atoms with E-state index < -0.39 is 6.04 Å². The van der Waals surface area contributed by atoms with Gasteiger partial charge in [-0.2, -0.15) is 0 Å². The topological polar surface area (TPSA) is 85.0 Å². The number of hydrogen-bond acceptors (Lipinski definition) is 5. The third kappa shape index (κ3) is 6.07. The molecule has 0 bridgehead atoms. The SMILES string of the molecule is CCN1CCN(CC(=O)N2CCNC(=O)[C@H]2CC(=O)Nc2cc(Cl)cc(Cl)c2)CC1. The maximum absolute atomic E-state index is 12.9. The van der Waals surface area contributed by atoms with Crippen LogP contribution in [0.2, 0.25) is 10.0 Å². The van der Waals surface area contributed by atoms with Gasteiger partial charge < -0.3 is 20.4 Å². The molecule has 2 fully saturated rings. The second-order valence-corrected chi connectivity index (χ2v) is 8.39. The summed E-state index contributed by atoms with van der Waals surface area (Å²) < 4.78 is 0. The van der Waals surface area contributed by atoms with E-state index in [9.17, 15) is 14.4 Å². The normalized spacial score (nSPS) is 20.7. The summed E-state index contributed by atoms with van der Waals surface area (Å²) >= 11 is 11.9. The molecule has 2 N–H and O–H groups in total. The summed E-state index contributed by atoms with van der Waals surface area (Å²) in [7, 11) is 0. The first-order valence-corrected chi connectivity index (χ1v) is 10.9. The summed E-state index contributed by atoms with van der Waals surface area (Å²) in [6, 6.07) is 3.88. The number of hydrogen-bond donors (Lipinski definition) is 2. The van der Waals surface area contributed by atoms with Gasteiger partial charge in [0.15, 0.2) is 0 Å². The average molecular weight is 456 g/mol. The Morgan fingerprint density at radius 1 is 1.07 bits per heavy atom. The first-order valence-electron chi connectivity index (χ1n) is 10.1. The lowest BCUT2D eigenvalue weighted by molar-refractivity contribution is -0.145. The van der Waals surface area contributed by atoms with Crippen molar-refractivity contribution in [3.8, 4) is 0 Å². The number of anilines is 1. The fraction of sp³-hybridized carbons (Fsp3) is 0.550. The van der Waals surface area contributed by atoms with Gasteiger partial charge in [-0.05, 0) is 24.7 Å². The van der Waals surface area contributed by atoms with Crippen LogP contribution in [0.3, 0.4) is 0 Å². The van der Waals surface area contributed by atoms with E-state index in [4.69, 9.17) is 23.2 Å². The molecule has 8 nitrogen and oxygen atoms in total. The minimum absolute atomic E-state index is 0.126. The highest BCUT2D eigenvalue weighted by molar-refractivity contribution is 6.35. The van der Waals surface area contributed by atoms with Crippen molar-refractivity contribution in [3.05, 3.63) is 28.2 Å². The summed E-state index contributed by atoms with van der Waals surface area (Å²) in [4.78, 5) is 43.9. The van der Waals surface area contributed by atoms with Crippen LogP contribution in [0.1, 0.15) is 13.3 Å². The van der Waals surface area contributed by atoms with Crippen LogP contribution in [0.15, 0.2) is 18.2 Å². The third-order valence-corrected chi connectivity index (χ3v) is 5.88. The molecule has 3 amide bonds. The first kappa shape index (κ1) is 22.8. The van der Waals surface area contributed by atoms with Gasteiger partial charge in [0.25, 0.3) is 0 Å². The summed E-state index contributed by atoms with van der Waals surface area (Å²) in [5.74, 6) is -0.826. The second kappa shape index (κ2) is 10.4. The molecule has 1 atom stereocenters. The summed E-state index contributed by atoms with van der Waals surface area (Å²) in [6.45, 7) is 7.66. The van der Waals surface area contributed by atoms with Gasteiger partial charge in [0.05, 0.1) is 13.0 Å². The van der Waals surface area contributed by atoms with Crippen LogP contribution < -0.4 is 10.6 Å². The molecule has 0 saturated carbocycles. The van der Waals surface area contributed by atoms with Crippen LogP contribution in [0, 0.1) is 0 Å². The molecular weight excluding hydrogens is 429 g/mol. The number of nitrogens with zero attached hydrogens (tertiary/aromatic N) is 3. The molecule has 2 aliphatic heterocycles. The number of carbonyl (C=O) groups is 3. The molecule has 30 heavy (non-hydrogen) atoms. The van der Waals surface area contributed by atoms with E-state index in [1.165, 1.54) is 4.90 Å². The van der Waals surface area contributed by atoms with Crippen molar-refractivity contribution in [2.24, 2.45) is 0 Å². The fourth-order valence-corrected chi connectivity index (χ4v) is 4.30. The largest absolute Gasteiger partial charge is 0.353 e. The van der Waals surface area contributed by atoms with Crippen LogP contribution in [0.25, 0.3) is 0 Å². The Labute approximate surface area is 186 Å². The quantitative estimate of drug-likeness (QED) is 0.674. The Kier molecular flexibility index (Phi) is 7.93. The predicted octanol–water partition coefficient (Wildman–Crippen LogP) is 1.29. The molecule has 3 rings (SSSR count). The van der Waals surface area contributed by atoms with Gasteiger partial charge in [-0.1, -0.05) is 30.1 Å². The fourth-order valence-electron chi connectivity index (χ4n) is 3.78. The Balaban J connectivity index is 1.60. The molecule has 0 aromatic heterocycles. The lowest BCUT2D eigenvalue weighted by Crippen LogP contribution is -2.60. The lowest BCUT2D eigenvalue weighted by Gasteiger charge is -2.38. The van der Waals surface area contributed by atoms with Crippen molar-refractivity contribution in [2.75, 3.05) is 57.7 Å². The van der Waals surface area contributed by atoms with Crippen molar-refractivity contribution < 1.29 is 14.4 Å². The molecule has 164 valence electrons. The maximum atomic E-state index is 12.9. The van der Waals surface area contributed by atoms with Crippen molar-refractivity contribution in [1.82, 2.24) is 20.0 Å². The van der Waals surface area contributed by atoms with Crippen LogP contribution in [0.5, 0.6) is 0 Å². The number of rotatable bonds is 6. The summed E-state index contributed by atoms with van der Waals surface area (Å²) in [6.07, 6.45) is -0.134. The number of halogens is 2. The Hall–Kier alpha value is -1.87. The highest BCUT2D eigenvalue weighted by atomic mass is 35.5. The number of benzene rings is 1. The van der Waals surface area contributed by atoms with Crippen LogP contribution in [-0.2, 0) is 14.4 Å². The Morgan fingerprint density at radius 3 is 2.33 bits per heavy atom. The standard InChI is InChI=1S/C20H27Cl2N5O3/c1-2-25-5-7-26(8-6-25)13-19(29)27-4-3-23-20(30)17(27)12-18(28)24-16-10-14(21)9-15(22)11-16/h9-11,17H,2-8,12-13H2,1H3,(H,23,30)(H,24,28)/t17-/m1/s1. The highest BCUT2D eigenvalue weighted by Crippen LogP contribution is 2.23. The minimum atomic E-state index is -0.835. The third-order valence-electron chi connectivity index (χ3n) is 5.45. The summed E-state index contributed by atoms with van der Waals surface area (Å²) in [5.41, 5.74) is 0.445. The van der Waals surface area contributed by atoms with Gasteiger partial charge in [-0.15, -0.1) is 0 Å². The van der Waals surface area contributed by atoms with Crippen molar-refractivity contribution >= 4 is 46.6 Å². The van der Waals surface area contributed by atoms with Gasteiger partial charge in [0.1, 0.15) is 6.04 Å². The van der Waals surface area contributed by atoms with E-state index in [1.807, 2.05) is 0 Å². The van der Waals surface area contributed by atoms with Crippen molar-refractivity contribution in [1.29, 1.82) is 0 Å². The molecule has 2 saturated heterocycles. The van der Waals surface area contributed by atoms with Crippen LogP contribution in [0.4, 0.5) is 5.69 Å². The molecule has 1 aromatic carbocycles. The lowest BCUT2D eigenvalue weighted by atomic mass is 10.1. The smallest absolute Gasteiger partial charge is 0.243 e. The molecule has 10 heteroatoms. The van der Waals surface area contributed by atoms with E-state index in [-0.39, 0.29) is 30.7 Å². The van der Waals surface area contributed by atoms with Gasteiger partial charge in [0.2, 0.25) is 17.7 Å². The number of piperazine rings is 2. The van der Waals surface area contributed by atoms with Crippen molar-refractivity contribution in [3.63, 3.8) is 0 Å². The van der Waals surface area contributed by atoms with Gasteiger partial charge in [-0.25, -0.2) is 0 Å². The molecule has 2 aliphatic rings. The highest BCUT2D eigenvalue weighted by Gasteiger charge is 2.35. The zero-order valence-corrected chi connectivity index (χ0v) is 18.5. The Morgan fingerprint density at radius 2 is 1.70 bits per heavy atom. The maximum Gasteiger partial charge on any atom is 0.243 e. The van der Waals surface area contributed by atoms with E-state index in [2.05, 4.69) is 27.4 Å². The Bertz CT molecular complexity index is 778. The zero-order valence-electron chi connectivity index (χ0n) is 17.0. The number of amides is 3. The van der Waals surface area contributed by atoms with Gasteiger partial charge in [-0.3, -0.25) is 19.3 Å². The van der Waals surface area contributed by atoms with Gasteiger partial charge >= 0.3 is 0 Å². The number of nitrogens with one attached hydrogen (secondary N) is 2. The van der Waals surface area contributed by atoms with Crippen LogP contribution in [-0.4, -0.2) is 90.8 Å². The van der Waals surface area contributed by atoms with Crippen LogP contribution >= 0.6 is 23.2 Å². The minimum Gasteiger partial charge on any atom is -0.353 e. The molecule has 0 spiro atoms. The van der Waals surface area contributed by atoms with E-state index >= 15 is 0 Å². The predicted molar refractivity (Wildman–Crippen MR) is 117 cm³/mol. The number of carbonyl (C=O) groups excluding carboxylic acids is 3. The van der Waals surface area contributed by atoms with E-state index in [0.29, 0.717) is 28.8 Å². The van der Waals surface area contributed by atoms with Crippen molar-refractivity contribution in [2.45, 2.75) is 19.4 Å². The average Bonchev–Trinajstić information content (AvgIpc) is 2.69. The molecular formula is C20H27Cl2N5O3. The first-order chi connectivity index (χ1) is 14.4. The molecule has 0 radical (unpaired) electrons. The van der Waals surface area contributed by atoms with Gasteiger partial charge in [0, 0.05) is 55.0 Å².